The lowest BCUT2D eigenvalue weighted by Crippen LogP contribution is -2.34. The molecule has 15 heavy (non-hydrogen) atoms. The molecule has 0 amide bonds. The molecule has 0 unspecified atom stereocenters. The third-order valence-corrected chi connectivity index (χ3v) is 2.15. The molecule has 2 rings (SSSR count). The van der Waals surface area contributed by atoms with Gasteiger partial charge in [-0.15, -0.1) is 0 Å². The third-order valence-electron chi connectivity index (χ3n) is 2.15. The smallest absolute Gasteiger partial charge is 0.155 e. The van der Waals surface area contributed by atoms with Crippen molar-refractivity contribution in [3.05, 3.63) is 29.7 Å². The van der Waals surface area contributed by atoms with E-state index in [4.69, 9.17) is 5.73 Å². The van der Waals surface area contributed by atoms with E-state index in [1.165, 1.54) is 5.56 Å². The normalized spacial score (nSPS) is 12.3. The van der Waals surface area contributed by atoms with Crippen molar-refractivity contribution in [3.63, 3.8) is 0 Å². The van der Waals surface area contributed by atoms with Crippen LogP contribution in [0.4, 0.5) is 0 Å². The molecular weight excluding hydrogens is 188 g/mol. The van der Waals surface area contributed by atoms with Crippen molar-refractivity contribution in [2.45, 2.75) is 32.7 Å². The molecule has 4 heteroatoms. The Morgan fingerprint density at radius 2 is 2.20 bits per heavy atom. The Kier molecular flexibility index (Phi) is 2.23. The molecule has 0 saturated heterocycles. The van der Waals surface area contributed by atoms with Crippen molar-refractivity contribution in [2.24, 2.45) is 5.73 Å². The first-order valence-electron chi connectivity index (χ1n) is 5.05. The van der Waals surface area contributed by atoms with Crippen LogP contribution in [0.15, 0.2) is 18.3 Å². The summed E-state index contributed by atoms with van der Waals surface area (Å²) in [7, 11) is 0. The number of hydrogen-bond acceptors (Lipinski definition) is 3. The molecule has 0 radical (unpaired) electrons. The topological polar surface area (TPSA) is 56.2 Å². The van der Waals surface area contributed by atoms with Crippen molar-refractivity contribution in [1.29, 1.82) is 0 Å². The Bertz CT molecular complexity index is 479. The minimum Gasteiger partial charge on any atom is -0.325 e. The molecule has 0 aliphatic carbocycles. The van der Waals surface area contributed by atoms with Gasteiger partial charge < -0.3 is 5.73 Å². The van der Waals surface area contributed by atoms with Gasteiger partial charge >= 0.3 is 0 Å². The molecule has 2 heterocycles. The fourth-order valence-electron chi connectivity index (χ4n) is 1.51. The van der Waals surface area contributed by atoms with Crippen LogP contribution in [-0.2, 0) is 6.42 Å². The maximum absolute atomic E-state index is 5.93. The highest BCUT2D eigenvalue weighted by Crippen LogP contribution is 2.09. The molecule has 80 valence electrons. The first kappa shape index (κ1) is 10.1. The molecule has 0 saturated carbocycles. The van der Waals surface area contributed by atoms with E-state index in [0.717, 1.165) is 11.5 Å². The van der Waals surface area contributed by atoms with Crippen LogP contribution in [0.2, 0.25) is 0 Å². The van der Waals surface area contributed by atoms with Gasteiger partial charge in [0, 0.05) is 18.2 Å². The molecule has 4 nitrogen and oxygen atoms in total. The van der Waals surface area contributed by atoms with E-state index in [1.54, 1.807) is 4.52 Å². The monoisotopic (exact) mass is 204 g/mol. The summed E-state index contributed by atoms with van der Waals surface area (Å²) < 4.78 is 1.79. The van der Waals surface area contributed by atoms with Crippen LogP contribution in [0, 0.1) is 6.92 Å². The van der Waals surface area contributed by atoms with Gasteiger partial charge in [0.05, 0.1) is 0 Å². The van der Waals surface area contributed by atoms with E-state index in [1.807, 2.05) is 39.1 Å². The van der Waals surface area contributed by atoms with Crippen LogP contribution in [0.25, 0.3) is 5.65 Å². The van der Waals surface area contributed by atoms with Gasteiger partial charge in [-0.2, -0.15) is 5.10 Å². The van der Waals surface area contributed by atoms with Gasteiger partial charge in [-0.05, 0) is 38.5 Å². The third kappa shape index (κ3) is 2.33. The minimum absolute atomic E-state index is 0.264. The average Bonchev–Trinajstić information content (AvgIpc) is 2.42. The zero-order chi connectivity index (χ0) is 11.1. The highest BCUT2D eigenvalue weighted by atomic mass is 15.3. The quantitative estimate of drug-likeness (QED) is 0.802. The Labute approximate surface area is 89.1 Å². The summed E-state index contributed by atoms with van der Waals surface area (Å²) in [5.74, 6) is 0.799. The Morgan fingerprint density at radius 1 is 1.47 bits per heavy atom. The van der Waals surface area contributed by atoms with Gasteiger partial charge in [-0.3, -0.25) is 0 Å². The number of rotatable bonds is 2. The highest BCUT2D eigenvalue weighted by molar-refractivity contribution is 5.40. The first-order valence-corrected chi connectivity index (χ1v) is 5.05. The molecule has 2 N–H and O–H groups in total. The van der Waals surface area contributed by atoms with Gasteiger partial charge in [0.2, 0.25) is 0 Å². The average molecular weight is 204 g/mol. The molecular formula is C11H16N4. The van der Waals surface area contributed by atoms with Crippen LogP contribution >= 0.6 is 0 Å². The standard InChI is InChI=1S/C11H16N4/c1-8-4-5-15-10(6-8)13-9(14-15)7-11(2,3)12/h4-6H,7,12H2,1-3H3. The zero-order valence-electron chi connectivity index (χ0n) is 9.36. The summed E-state index contributed by atoms with van der Waals surface area (Å²) in [5, 5.41) is 4.36. The predicted octanol–water partition coefficient (Wildman–Crippen LogP) is 1.32. The van der Waals surface area contributed by atoms with Gasteiger partial charge in [0.1, 0.15) is 0 Å². The fourth-order valence-corrected chi connectivity index (χ4v) is 1.51. The van der Waals surface area contributed by atoms with E-state index in [0.29, 0.717) is 6.42 Å². The van der Waals surface area contributed by atoms with Gasteiger partial charge in [0.15, 0.2) is 11.5 Å². The number of fused-ring (bicyclic) bond motifs is 1. The number of nitrogens with zero attached hydrogens (tertiary/aromatic N) is 3. The Hall–Kier alpha value is -1.42. The molecule has 0 atom stereocenters. The predicted molar refractivity (Wildman–Crippen MR) is 59.7 cm³/mol. The second kappa shape index (κ2) is 3.31. The zero-order valence-corrected chi connectivity index (χ0v) is 9.36. The van der Waals surface area contributed by atoms with Gasteiger partial charge in [-0.1, -0.05) is 0 Å². The van der Waals surface area contributed by atoms with Crippen LogP contribution in [-0.4, -0.2) is 20.1 Å². The van der Waals surface area contributed by atoms with Crippen molar-refractivity contribution in [1.82, 2.24) is 14.6 Å². The summed E-state index contributed by atoms with van der Waals surface area (Å²) >= 11 is 0. The van der Waals surface area contributed by atoms with E-state index in [9.17, 15) is 0 Å². The fraction of sp³-hybridized carbons (Fsp3) is 0.455. The lowest BCUT2D eigenvalue weighted by Gasteiger charge is -2.14. The molecule has 0 fully saturated rings. The summed E-state index contributed by atoms with van der Waals surface area (Å²) in [6, 6.07) is 4.03. The highest BCUT2D eigenvalue weighted by Gasteiger charge is 2.15. The largest absolute Gasteiger partial charge is 0.325 e. The van der Waals surface area contributed by atoms with Crippen molar-refractivity contribution < 1.29 is 0 Å². The van der Waals surface area contributed by atoms with E-state index < -0.39 is 0 Å². The van der Waals surface area contributed by atoms with E-state index in [2.05, 4.69) is 10.1 Å². The molecule has 0 bridgehead atoms. The summed E-state index contributed by atoms with van der Waals surface area (Å²) in [6.07, 6.45) is 2.61. The van der Waals surface area contributed by atoms with Crippen molar-refractivity contribution in [2.75, 3.05) is 0 Å². The van der Waals surface area contributed by atoms with E-state index >= 15 is 0 Å². The maximum atomic E-state index is 5.93. The van der Waals surface area contributed by atoms with Crippen LogP contribution in [0.3, 0.4) is 0 Å². The second-order valence-corrected chi connectivity index (χ2v) is 4.70. The lowest BCUT2D eigenvalue weighted by molar-refractivity contribution is 0.502. The summed E-state index contributed by atoms with van der Waals surface area (Å²) in [6.45, 7) is 6.00. The lowest BCUT2D eigenvalue weighted by atomic mass is 10.0. The molecule has 0 aliphatic heterocycles. The molecule has 2 aromatic heterocycles. The van der Waals surface area contributed by atoms with Crippen molar-refractivity contribution >= 4 is 5.65 Å². The first-order chi connectivity index (χ1) is 6.94. The molecule has 0 aromatic carbocycles. The number of aryl methyl sites for hydroxylation is 1. The van der Waals surface area contributed by atoms with Crippen LogP contribution < -0.4 is 5.73 Å². The SMILES string of the molecule is Cc1ccn2nc(CC(C)(C)N)nc2c1. The summed E-state index contributed by atoms with van der Waals surface area (Å²) in [4.78, 5) is 4.43. The minimum atomic E-state index is -0.264. The van der Waals surface area contributed by atoms with E-state index in [-0.39, 0.29) is 5.54 Å². The summed E-state index contributed by atoms with van der Waals surface area (Å²) in [5.41, 5.74) is 7.74. The Balaban J connectivity index is 2.39. The van der Waals surface area contributed by atoms with Crippen molar-refractivity contribution in [3.8, 4) is 0 Å². The van der Waals surface area contributed by atoms with Crippen LogP contribution in [0.1, 0.15) is 25.2 Å². The van der Waals surface area contributed by atoms with Gasteiger partial charge in [-0.25, -0.2) is 9.50 Å². The number of aromatic nitrogens is 3. The molecule has 2 aromatic rings. The number of pyridine rings is 1. The van der Waals surface area contributed by atoms with Gasteiger partial charge in [0.25, 0.3) is 0 Å². The van der Waals surface area contributed by atoms with Crippen LogP contribution in [0.5, 0.6) is 0 Å². The Morgan fingerprint density at radius 3 is 2.87 bits per heavy atom. The maximum Gasteiger partial charge on any atom is 0.155 e. The molecule has 0 aliphatic rings. The second-order valence-electron chi connectivity index (χ2n) is 4.70. The molecule has 0 spiro atoms. The number of hydrogen-bond donors (Lipinski definition) is 1. The number of nitrogens with two attached hydrogens (primary N) is 1.